The maximum absolute atomic E-state index is 5.59. The summed E-state index contributed by atoms with van der Waals surface area (Å²) in [5, 5.41) is 6.60. The van der Waals surface area contributed by atoms with Crippen molar-refractivity contribution in [2.45, 2.75) is 18.9 Å². The molecule has 2 N–H and O–H groups in total. The number of thioether (sulfide) groups is 1. The lowest BCUT2D eigenvalue weighted by atomic mass is 10.1. The highest BCUT2D eigenvalue weighted by Gasteiger charge is 2.18. The molecule has 0 aliphatic carbocycles. The molecule has 0 saturated carbocycles. The Hall–Kier alpha value is -1.79. The molecule has 1 fully saturated rings. The second kappa shape index (κ2) is 6.14. The van der Waals surface area contributed by atoms with Gasteiger partial charge in [0.2, 0.25) is 0 Å². The second-order valence-electron chi connectivity index (χ2n) is 5.49. The maximum Gasteiger partial charge on any atom is 0.177 e. The van der Waals surface area contributed by atoms with E-state index < -0.39 is 0 Å². The molecule has 5 nitrogen and oxygen atoms in total. The van der Waals surface area contributed by atoms with Gasteiger partial charge in [-0.2, -0.15) is 5.10 Å². The Morgan fingerprint density at radius 2 is 2.32 bits per heavy atom. The largest absolute Gasteiger partial charge is 0.376 e. The lowest BCUT2D eigenvalue weighted by Crippen LogP contribution is -2.26. The number of hydrogen-bond donors (Lipinski definition) is 2. The molecule has 2 aromatic rings. The minimum Gasteiger partial charge on any atom is -0.376 e. The van der Waals surface area contributed by atoms with E-state index in [1.807, 2.05) is 12.3 Å². The Labute approximate surface area is 133 Å². The molecule has 22 heavy (non-hydrogen) atoms. The van der Waals surface area contributed by atoms with E-state index in [2.05, 4.69) is 38.7 Å². The Balaban J connectivity index is 1.48. The van der Waals surface area contributed by atoms with Crippen LogP contribution in [0, 0.1) is 0 Å². The van der Waals surface area contributed by atoms with Crippen LogP contribution < -0.4 is 5.43 Å². The van der Waals surface area contributed by atoms with E-state index in [-0.39, 0.29) is 6.10 Å². The zero-order chi connectivity index (χ0) is 14.8. The van der Waals surface area contributed by atoms with Gasteiger partial charge in [0.25, 0.3) is 0 Å². The number of aromatic amines is 1. The number of nitrogens with one attached hydrogen (secondary N) is 2. The maximum atomic E-state index is 5.59. The molecule has 1 aromatic carbocycles. The van der Waals surface area contributed by atoms with Crippen LogP contribution in [0.3, 0.4) is 0 Å². The number of amidine groups is 1. The van der Waals surface area contributed by atoms with Crippen LogP contribution in [-0.2, 0) is 4.74 Å². The first-order chi connectivity index (χ1) is 10.9. The van der Waals surface area contributed by atoms with Crippen molar-refractivity contribution < 1.29 is 4.74 Å². The number of benzene rings is 1. The molecule has 1 saturated heterocycles. The first-order valence-corrected chi connectivity index (χ1v) is 8.56. The van der Waals surface area contributed by atoms with E-state index in [9.17, 15) is 0 Å². The molecule has 0 radical (unpaired) electrons. The van der Waals surface area contributed by atoms with E-state index in [0.29, 0.717) is 0 Å². The molecule has 0 spiro atoms. The summed E-state index contributed by atoms with van der Waals surface area (Å²) in [6.07, 6.45) is 4.58. The van der Waals surface area contributed by atoms with Crippen LogP contribution in [0.15, 0.2) is 40.6 Å². The van der Waals surface area contributed by atoms with Crippen molar-refractivity contribution >= 4 is 33.5 Å². The van der Waals surface area contributed by atoms with Gasteiger partial charge in [-0.3, -0.25) is 10.4 Å². The van der Waals surface area contributed by atoms with E-state index in [1.165, 1.54) is 5.39 Å². The van der Waals surface area contributed by atoms with Crippen LogP contribution in [0.1, 0.15) is 18.4 Å². The number of hydrogen-bond acceptors (Lipinski definition) is 4. The minimum absolute atomic E-state index is 0.286. The molecule has 0 amide bonds. The Morgan fingerprint density at radius 3 is 3.14 bits per heavy atom. The van der Waals surface area contributed by atoms with Crippen molar-refractivity contribution in [2.24, 2.45) is 10.1 Å². The van der Waals surface area contributed by atoms with Crippen molar-refractivity contribution in [2.75, 3.05) is 18.9 Å². The first kappa shape index (κ1) is 13.8. The number of aliphatic imine (C=N–C) groups is 1. The van der Waals surface area contributed by atoms with E-state index in [0.717, 1.165) is 53.7 Å². The predicted octanol–water partition coefficient (Wildman–Crippen LogP) is 2.74. The van der Waals surface area contributed by atoms with Gasteiger partial charge in [-0.15, -0.1) is 0 Å². The SMILES string of the molecule is c1ccc2c(C3=NNC(=NC[C@H]4CCCO4)SC3)c[nH]c2c1. The van der Waals surface area contributed by atoms with Gasteiger partial charge in [-0.05, 0) is 18.9 Å². The molecule has 4 rings (SSSR count). The fourth-order valence-electron chi connectivity index (χ4n) is 2.82. The number of para-hydroxylation sites is 1. The molecule has 0 unspecified atom stereocenters. The normalized spacial score (nSPS) is 23.7. The number of aromatic nitrogens is 1. The van der Waals surface area contributed by atoms with E-state index in [4.69, 9.17) is 4.74 Å². The summed E-state index contributed by atoms with van der Waals surface area (Å²) in [5.41, 5.74) is 6.43. The van der Waals surface area contributed by atoms with Crippen molar-refractivity contribution in [3.63, 3.8) is 0 Å². The summed E-state index contributed by atoms with van der Waals surface area (Å²) in [4.78, 5) is 7.87. The average Bonchev–Trinajstić information content (AvgIpc) is 3.23. The van der Waals surface area contributed by atoms with Crippen LogP contribution in [0.4, 0.5) is 0 Å². The smallest absolute Gasteiger partial charge is 0.177 e. The highest BCUT2D eigenvalue weighted by molar-refractivity contribution is 8.14. The Kier molecular flexibility index (Phi) is 3.86. The van der Waals surface area contributed by atoms with Crippen LogP contribution in [-0.4, -0.2) is 40.9 Å². The second-order valence-corrected chi connectivity index (χ2v) is 6.45. The third-order valence-electron chi connectivity index (χ3n) is 3.99. The zero-order valence-corrected chi connectivity index (χ0v) is 13.0. The van der Waals surface area contributed by atoms with Crippen molar-refractivity contribution in [3.8, 4) is 0 Å². The van der Waals surface area contributed by atoms with Crippen molar-refractivity contribution in [3.05, 3.63) is 36.0 Å². The number of rotatable bonds is 3. The molecule has 2 aliphatic rings. The highest BCUT2D eigenvalue weighted by atomic mass is 32.2. The zero-order valence-electron chi connectivity index (χ0n) is 12.2. The van der Waals surface area contributed by atoms with Gasteiger partial charge in [-0.25, -0.2) is 0 Å². The summed E-state index contributed by atoms with van der Waals surface area (Å²) in [6.45, 7) is 1.60. The van der Waals surface area contributed by atoms with Crippen LogP contribution in [0.2, 0.25) is 0 Å². The van der Waals surface area contributed by atoms with Gasteiger partial charge in [0.05, 0.1) is 18.4 Å². The number of H-pyrrole nitrogens is 1. The molecular formula is C16H18N4OS. The Morgan fingerprint density at radius 1 is 1.36 bits per heavy atom. The molecule has 1 aromatic heterocycles. The van der Waals surface area contributed by atoms with Crippen LogP contribution >= 0.6 is 11.8 Å². The number of hydrazone groups is 1. The van der Waals surface area contributed by atoms with Crippen LogP contribution in [0.5, 0.6) is 0 Å². The number of nitrogens with zero attached hydrogens (tertiary/aromatic N) is 2. The molecule has 2 aliphatic heterocycles. The van der Waals surface area contributed by atoms with Crippen molar-refractivity contribution in [1.82, 2.24) is 10.4 Å². The minimum atomic E-state index is 0.286. The van der Waals surface area contributed by atoms with Gasteiger partial charge in [0, 0.05) is 35.0 Å². The van der Waals surface area contributed by atoms with Gasteiger partial charge >= 0.3 is 0 Å². The lowest BCUT2D eigenvalue weighted by Gasteiger charge is -2.15. The van der Waals surface area contributed by atoms with E-state index in [1.54, 1.807) is 11.8 Å². The molecule has 3 heterocycles. The quantitative estimate of drug-likeness (QED) is 0.916. The fourth-order valence-corrected chi connectivity index (χ4v) is 3.59. The molecule has 6 heteroatoms. The molecule has 0 bridgehead atoms. The van der Waals surface area contributed by atoms with Gasteiger partial charge < -0.3 is 9.72 Å². The monoisotopic (exact) mass is 314 g/mol. The van der Waals surface area contributed by atoms with Gasteiger partial charge in [0.15, 0.2) is 5.17 Å². The molecular weight excluding hydrogens is 296 g/mol. The Bertz CT molecular complexity index is 731. The first-order valence-electron chi connectivity index (χ1n) is 7.58. The van der Waals surface area contributed by atoms with Gasteiger partial charge in [0.1, 0.15) is 0 Å². The summed E-state index contributed by atoms with van der Waals surface area (Å²) >= 11 is 1.70. The van der Waals surface area contributed by atoms with E-state index >= 15 is 0 Å². The predicted molar refractivity (Wildman–Crippen MR) is 91.7 cm³/mol. The van der Waals surface area contributed by atoms with Crippen molar-refractivity contribution in [1.29, 1.82) is 0 Å². The number of ether oxygens (including phenoxy) is 1. The summed E-state index contributed by atoms with van der Waals surface area (Å²) in [6, 6.07) is 8.29. The van der Waals surface area contributed by atoms with Gasteiger partial charge in [-0.1, -0.05) is 30.0 Å². The summed E-state index contributed by atoms with van der Waals surface area (Å²) in [5.74, 6) is 0.833. The number of fused-ring (bicyclic) bond motifs is 1. The third-order valence-corrected chi connectivity index (χ3v) is 4.91. The summed E-state index contributed by atoms with van der Waals surface area (Å²) < 4.78 is 5.59. The summed E-state index contributed by atoms with van der Waals surface area (Å²) in [7, 11) is 0. The highest BCUT2D eigenvalue weighted by Crippen LogP contribution is 2.22. The standard InChI is InChI=1S/C16H18N4OS/c1-2-6-14-12(5-1)13(9-17-14)15-10-22-16(20-19-15)18-8-11-4-3-7-21-11/h1-2,5-6,9,11,17H,3-4,7-8,10H2,(H,18,20)/t11-/m1/s1. The molecule has 1 atom stereocenters. The van der Waals surface area contributed by atoms with Crippen LogP contribution in [0.25, 0.3) is 10.9 Å². The fraction of sp³-hybridized carbons (Fsp3) is 0.375. The third kappa shape index (κ3) is 2.76. The topological polar surface area (TPSA) is 61.8 Å². The lowest BCUT2D eigenvalue weighted by molar-refractivity contribution is 0.118. The average molecular weight is 314 g/mol. The molecule has 114 valence electrons.